The Balaban J connectivity index is 1.94. The van der Waals surface area contributed by atoms with E-state index in [0.717, 1.165) is 16.6 Å². The Morgan fingerprint density at radius 3 is 2.73 bits per heavy atom. The van der Waals surface area contributed by atoms with Gasteiger partial charge in [0.1, 0.15) is 11.4 Å². The van der Waals surface area contributed by atoms with Crippen LogP contribution in [0.25, 0.3) is 10.9 Å². The lowest BCUT2D eigenvalue weighted by Crippen LogP contribution is -2.03. The van der Waals surface area contributed by atoms with Crippen LogP contribution in [-0.4, -0.2) is 27.7 Å². The second kappa shape index (κ2) is 5.40. The summed E-state index contributed by atoms with van der Waals surface area (Å²) in [7, 11) is 3.54. The van der Waals surface area contributed by atoms with Crippen LogP contribution in [0.1, 0.15) is 10.5 Å². The first-order chi connectivity index (χ1) is 10.6. The van der Waals surface area contributed by atoms with Gasteiger partial charge in [0.05, 0.1) is 17.4 Å². The normalized spacial score (nSPS) is 10.6. The molecule has 0 spiro atoms. The summed E-state index contributed by atoms with van der Waals surface area (Å²) in [5.74, 6) is 0.131. The van der Waals surface area contributed by atoms with E-state index in [2.05, 4.69) is 10.3 Å². The number of anilines is 1. The van der Waals surface area contributed by atoms with E-state index >= 15 is 0 Å². The number of hydrogen-bond acceptors (Lipinski definition) is 4. The quantitative estimate of drug-likeness (QED) is 0.774. The fourth-order valence-corrected chi connectivity index (χ4v) is 2.29. The number of pyridine rings is 1. The molecule has 0 bridgehead atoms. The Hall–Kier alpha value is -3.02. The van der Waals surface area contributed by atoms with Crippen LogP contribution < -0.4 is 10.1 Å². The summed E-state index contributed by atoms with van der Waals surface area (Å²) in [6, 6.07) is 10.7. The molecule has 0 aliphatic carbocycles. The number of carbonyl (C=O) groups is 1. The highest BCUT2D eigenvalue weighted by molar-refractivity contribution is 5.95. The van der Waals surface area contributed by atoms with Gasteiger partial charge in [0.2, 0.25) is 5.88 Å². The first-order valence-electron chi connectivity index (χ1n) is 6.73. The zero-order valence-electron chi connectivity index (χ0n) is 12.2. The molecule has 112 valence electrons. The van der Waals surface area contributed by atoms with E-state index in [-0.39, 0.29) is 5.69 Å². The van der Waals surface area contributed by atoms with Gasteiger partial charge in [-0.1, -0.05) is 0 Å². The summed E-state index contributed by atoms with van der Waals surface area (Å²) >= 11 is 0. The molecule has 6 nitrogen and oxygen atoms in total. The molecule has 2 heterocycles. The molecule has 0 atom stereocenters. The number of carboxylic acid groups (broad SMARTS) is 1. The van der Waals surface area contributed by atoms with Gasteiger partial charge in [-0.05, 0) is 24.3 Å². The van der Waals surface area contributed by atoms with E-state index in [1.54, 1.807) is 42.1 Å². The second-order valence-corrected chi connectivity index (χ2v) is 4.85. The first kappa shape index (κ1) is 13.9. The molecule has 0 unspecified atom stereocenters. The molecule has 6 heteroatoms. The summed E-state index contributed by atoms with van der Waals surface area (Å²) in [6.07, 6.45) is 1.68. The van der Waals surface area contributed by atoms with E-state index in [1.165, 1.54) is 0 Å². The van der Waals surface area contributed by atoms with Gasteiger partial charge in [0, 0.05) is 31.6 Å². The predicted octanol–water partition coefficient (Wildman–Crippen LogP) is 3.11. The third-order valence-electron chi connectivity index (χ3n) is 3.48. The molecule has 0 saturated heterocycles. The Morgan fingerprint density at radius 1 is 1.27 bits per heavy atom. The van der Waals surface area contributed by atoms with Gasteiger partial charge in [-0.25, -0.2) is 9.78 Å². The van der Waals surface area contributed by atoms with Gasteiger partial charge >= 0.3 is 5.97 Å². The molecular weight excluding hydrogens is 282 g/mol. The van der Waals surface area contributed by atoms with E-state index in [9.17, 15) is 4.79 Å². The number of benzene rings is 1. The highest BCUT2D eigenvalue weighted by Gasteiger charge is 2.12. The zero-order valence-corrected chi connectivity index (χ0v) is 12.2. The standard InChI is InChI=1S/C16H15N3O3/c1-17-11-4-6-15(18-9-11)22-12-5-3-10-7-14(16(20)21)19(2)13(10)8-12/h3-9,17H,1-2H3,(H,20,21). The highest BCUT2D eigenvalue weighted by atomic mass is 16.5. The third-order valence-corrected chi connectivity index (χ3v) is 3.48. The van der Waals surface area contributed by atoms with Crippen molar-refractivity contribution in [2.75, 3.05) is 12.4 Å². The Bertz CT molecular complexity index is 838. The van der Waals surface area contributed by atoms with Gasteiger partial charge in [0.15, 0.2) is 0 Å². The minimum atomic E-state index is -0.953. The van der Waals surface area contributed by atoms with Crippen molar-refractivity contribution in [3.8, 4) is 11.6 Å². The third kappa shape index (κ3) is 2.46. The van der Waals surface area contributed by atoms with Crippen molar-refractivity contribution in [1.29, 1.82) is 0 Å². The summed E-state index contributed by atoms with van der Waals surface area (Å²) in [4.78, 5) is 15.4. The summed E-state index contributed by atoms with van der Waals surface area (Å²) in [5, 5.41) is 13.0. The number of hydrogen-bond donors (Lipinski definition) is 2. The summed E-state index contributed by atoms with van der Waals surface area (Å²) < 4.78 is 7.34. The van der Waals surface area contributed by atoms with Crippen molar-refractivity contribution in [2.45, 2.75) is 0 Å². The van der Waals surface area contributed by atoms with Gasteiger partial charge in [0.25, 0.3) is 0 Å². The largest absolute Gasteiger partial charge is 0.477 e. The van der Waals surface area contributed by atoms with Crippen LogP contribution in [0.2, 0.25) is 0 Å². The fourth-order valence-electron chi connectivity index (χ4n) is 2.29. The minimum Gasteiger partial charge on any atom is -0.477 e. The highest BCUT2D eigenvalue weighted by Crippen LogP contribution is 2.27. The van der Waals surface area contributed by atoms with E-state index < -0.39 is 5.97 Å². The monoisotopic (exact) mass is 297 g/mol. The number of nitrogens with one attached hydrogen (secondary N) is 1. The SMILES string of the molecule is CNc1ccc(Oc2ccc3cc(C(=O)O)n(C)c3c2)nc1. The van der Waals surface area contributed by atoms with Gasteiger partial charge in [-0.2, -0.15) is 0 Å². The Labute approximate surface area is 127 Å². The molecule has 3 rings (SSSR count). The molecule has 0 aliphatic heterocycles. The minimum absolute atomic E-state index is 0.239. The maximum Gasteiger partial charge on any atom is 0.352 e. The smallest absolute Gasteiger partial charge is 0.352 e. The lowest BCUT2D eigenvalue weighted by molar-refractivity contribution is 0.0687. The van der Waals surface area contributed by atoms with Gasteiger partial charge in [-0.3, -0.25) is 0 Å². The first-order valence-corrected chi connectivity index (χ1v) is 6.73. The summed E-state index contributed by atoms with van der Waals surface area (Å²) in [6.45, 7) is 0. The maximum absolute atomic E-state index is 11.2. The van der Waals surface area contributed by atoms with Crippen molar-refractivity contribution in [3.05, 3.63) is 48.3 Å². The van der Waals surface area contributed by atoms with Crippen molar-refractivity contribution in [1.82, 2.24) is 9.55 Å². The molecule has 0 amide bonds. The van der Waals surface area contributed by atoms with Crippen molar-refractivity contribution < 1.29 is 14.6 Å². The van der Waals surface area contributed by atoms with E-state index in [1.807, 2.05) is 19.2 Å². The van der Waals surface area contributed by atoms with E-state index in [4.69, 9.17) is 9.84 Å². The Morgan fingerprint density at radius 2 is 2.09 bits per heavy atom. The lowest BCUT2D eigenvalue weighted by Gasteiger charge is -2.06. The van der Waals surface area contributed by atoms with Crippen LogP contribution in [0.15, 0.2) is 42.6 Å². The number of aryl methyl sites for hydroxylation is 1. The number of nitrogens with zero attached hydrogens (tertiary/aromatic N) is 2. The molecule has 3 aromatic rings. The average Bonchev–Trinajstić information content (AvgIpc) is 2.85. The molecular formula is C16H15N3O3. The molecule has 22 heavy (non-hydrogen) atoms. The summed E-state index contributed by atoms with van der Waals surface area (Å²) in [5.41, 5.74) is 1.93. The number of fused-ring (bicyclic) bond motifs is 1. The van der Waals surface area contributed by atoms with Crippen LogP contribution in [0.4, 0.5) is 5.69 Å². The van der Waals surface area contributed by atoms with Crippen molar-refractivity contribution in [2.24, 2.45) is 7.05 Å². The van der Waals surface area contributed by atoms with Crippen LogP contribution >= 0.6 is 0 Å². The van der Waals surface area contributed by atoms with Crippen LogP contribution in [0, 0.1) is 0 Å². The molecule has 0 aliphatic rings. The number of aromatic carboxylic acids is 1. The number of ether oxygens (including phenoxy) is 1. The number of rotatable bonds is 4. The molecule has 2 aromatic heterocycles. The van der Waals surface area contributed by atoms with Crippen LogP contribution in [0.5, 0.6) is 11.6 Å². The van der Waals surface area contributed by atoms with Crippen LogP contribution in [-0.2, 0) is 7.05 Å². The second-order valence-electron chi connectivity index (χ2n) is 4.85. The maximum atomic E-state index is 11.2. The molecule has 2 N–H and O–H groups in total. The number of aromatic nitrogens is 2. The van der Waals surface area contributed by atoms with Gasteiger partial charge < -0.3 is 19.7 Å². The zero-order chi connectivity index (χ0) is 15.7. The molecule has 0 saturated carbocycles. The molecule has 1 aromatic carbocycles. The van der Waals surface area contributed by atoms with E-state index in [0.29, 0.717) is 11.6 Å². The number of carboxylic acids is 1. The molecule has 0 fully saturated rings. The topological polar surface area (TPSA) is 76.4 Å². The van der Waals surface area contributed by atoms with Crippen molar-refractivity contribution >= 4 is 22.6 Å². The Kier molecular flexibility index (Phi) is 3.42. The molecule has 0 radical (unpaired) electrons. The average molecular weight is 297 g/mol. The fraction of sp³-hybridized carbons (Fsp3) is 0.125. The predicted molar refractivity (Wildman–Crippen MR) is 83.7 cm³/mol. The lowest BCUT2D eigenvalue weighted by atomic mass is 10.2. The van der Waals surface area contributed by atoms with Crippen molar-refractivity contribution in [3.63, 3.8) is 0 Å². The van der Waals surface area contributed by atoms with Gasteiger partial charge in [-0.15, -0.1) is 0 Å². The van der Waals surface area contributed by atoms with Crippen LogP contribution in [0.3, 0.4) is 0 Å².